The Morgan fingerprint density at radius 3 is 2.74 bits per heavy atom. The fraction of sp³-hybridized carbons (Fsp3) is 0.412. The van der Waals surface area contributed by atoms with Crippen molar-refractivity contribution in [1.29, 1.82) is 0 Å². The summed E-state index contributed by atoms with van der Waals surface area (Å²) >= 11 is 0. The van der Waals surface area contributed by atoms with E-state index in [-0.39, 0.29) is 66.1 Å². The van der Waals surface area contributed by atoms with Crippen LogP contribution in [0.25, 0.3) is 0 Å². The molecule has 1 aromatic carbocycles. The van der Waals surface area contributed by atoms with Crippen molar-refractivity contribution >= 4 is 11.9 Å². The zero-order chi connectivity index (χ0) is 15.2. The quantitative estimate of drug-likeness (QED) is 0.423. The number of hydrogen-bond acceptors (Lipinski definition) is 3. The molecule has 2 rings (SSSR count). The van der Waals surface area contributed by atoms with Crippen LogP contribution in [0.2, 0.25) is 0 Å². The fourth-order valence-electron chi connectivity index (χ4n) is 2.37. The average Bonchev–Trinajstić information content (AvgIpc) is 2.74. The molecule has 6 heteroatoms. The SMILES string of the molecule is COC(=O)C1=CCCCCN1C(=O)Cc1[c-]c[c-]cc1C.[W].[Y]. The van der Waals surface area contributed by atoms with Gasteiger partial charge in [-0.2, -0.15) is 0 Å². The van der Waals surface area contributed by atoms with Gasteiger partial charge < -0.3 is 27.8 Å². The first-order valence-electron chi connectivity index (χ1n) is 7.09. The van der Waals surface area contributed by atoms with Gasteiger partial charge in [0.05, 0.1) is 7.11 Å². The van der Waals surface area contributed by atoms with Gasteiger partial charge in [0.2, 0.25) is 5.91 Å². The van der Waals surface area contributed by atoms with Gasteiger partial charge in [0.1, 0.15) is 5.70 Å². The van der Waals surface area contributed by atoms with Crippen LogP contribution in [0.15, 0.2) is 23.9 Å². The van der Waals surface area contributed by atoms with E-state index in [2.05, 4.69) is 12.1 Å². The van der Waals surface area contributed by atoms with Gasteiger partial charge in [0.25, 0.3) is 0 Å². The van der Waals surface area contributed by atoms with Crippen molar-refractivity contribution in [2.45, 2.75) is 32.6 Å². The molecule has 1 aromatic rings. The Labute approximate surface area is 177 Å². The molecule has 4 nitrogen and oxygen atoms in total. The van der Waals surface area contributed by atoms with Crippen molar-refractivity contribution in [3.8, 4) is 0 Å². The summed E-state index contributed by atoms with van der Waals surface area (Å²) in [5.41, 5.74) is 2.18. The first-order valence-corrected chi connectivity index (χ1v) is 7.09. The van der Waals surface area contributed by atoms with E-state index in [0.717, 1.165) is 30.4 Å². The molecule has 0 unspecified atom stereocenters. The number of carbonyl (C=O) groups is 2. The van der Waals surface area contributed by atoms with Crippen LogP contribution in [-0.2, 0) is 74.5 Å². The third kappa shape index (κ3) is 6.25. The summed E-state index contributed by atoms with van der Waals surface area (Å²) in [6.45, 7) is 2.48. The van der Waals surface area contributed by atoms with E-state index >= 15 is 0 Å². The Balaban J connectivity index is 0.00000242. The van der Waals surface area contributed by atoms with Gasteiger partial charge in [0.15, 0.2) is 0 Å². The van der Waals surface area contributed by atoms with E-state index in [0.29, 0.717) is 12.2 Å². The largest absolute Gasteiger partial charge is 0.464 e. The molecule has 0 saturated heterocycles. The molecule has 121 valence electrons. The van der Waals surface area contributed by atoms with Crippen molar-refractivity contribution in [1.82, 2.24) is 4.90 Å². The van der Waals surface area contributed by atoms with Gasteiger partial charge in [-0.3, -0.25) is 22.0 Å². The molecule has 1 heterocycles. The molecule has 1 aliphatic rings. The zero-order valence-electron chi connectivity index (χ0n) is 13.4. The summed E-state index contributed by atoms with van der Waals surface area (Å²) in [5.74, 6) is -0.550. The second-order valence-electron chi connectivity index (χ2n) is 5.06. The molecule has 0 saturated carbocycles. The average molecular weight is 558 g/mol. The molecular formula is C17H19NO3WY-2. The maximum absolute atomic E-state index is 12.6. The van der Waals surface area contributed by atoms with Crippen LogP contribution >= 0.6 is 0 Å². The molecule has 0 bridgehead atoms. The molecule has 0 fully saturated rings. The second-order valence-corrected chi connectivity index (χ2v) is 5.06. The molecule has 0 atom stereocenters. The Morgan fingerprint density at radius 2 is 2.09 bits per heavy atom. The minimum atomic E-state index is -0.452. The Morgan fingerprint density at radius 1 is 1.35 bits per heavy atom. The standard InChI is InChI=1S/C17H19NO3.W.Y/c1-13-8-5-6-9-14(13)12-16(19)18-11-7-3-4-10-15(18)17(20)21-2;;/h6,8,10H,3-4,7,11-12H2,1-2H3;;/q-2;;. The molecule has 0 spiro atoms. The monoisotopic (exact) mass is 558 g/mol. The van der Waals surface area contributed by atoms with E-state index in [1.165, 1.54) is 7.11 Å². The number of allylic oxidation sites excluding steroid dienone is 1. The van der Waals surface area contributed by atoms with Crippen molar-refractivity contribution in [2.24, 2.45) is 0 Å². The number of rotatable bonds is 3. The topological polar surface area (TPSA) is 46.6 Å². The molecule has 0 aromatic heterocycles. The minimum absolute atomic E-state index is 0. The maximum Gasteiger partial charge on any atom is 0.354 e. The van der Waals surface area contributed by atoms with Crippen molar-refractivity contribution in [3.63, 3.8) is 0 Å². The summed E-state index contributed by atoms with van der Waals surface area (Å²) < 4.78 is 4.79. The van der Waals surface area contributed by atoms with Gasteiger partial charge in [-0.05, 0) is 19.3 Å². The number of nitrogens with zero attached hydrogens (tertiary/aromatic N) is 1. The summed E-state index contributed by atoms with van der Waals surface area (Å²) in [5, 5.41) is 0. The smallest absolute Gasteiger partial charge is 0.354 e. The number of ether oxygens (including phenoxy) is 1. The third-order valence-corrected chi connectivity index (χ3v) is 3.59. The van der Waals surface area contributed by atoms with Crippen LogP contribution < -0.4 is 0 Å². The van der Waals surface area contributed by atoms with Crippen molar-refractivity contribution < 1.29 is 68.1 Å². The predicted molar refractivity (Wildman–Crippen MR) is 78.2 cm³/mol. The molecule has 1 amide bonds. The van der Waals surface area contributed by atoms with Crippen LogP contribution in [0, 0.1) is 19.1 Å². The van der Waals surface area contributed by atoms with E-state index < -0.39 is 5.97 Å². The number of amides is 1. The fourth-order valence-corrected chi connectivity index (χ4v) is 2.37. The van der Waals surface area contributed by atoms with Gasteiger partial charge in [-0.1, -0.05) is 6.08 Å². The van der Waals surface area contributed by atoms with E-state index in [1.54, 1.807) is 17.0 Å². The first kappa shape index (κ1) is 22.7. The number of aryl methyl sites for hydroxylation is 1. The van der Waals surface area contributed by atoms with Crippen LogP contribution in [0.5, 0.6) is 0 Å². The van der Waals surface area contributed by atoms with Crippen molar-refractivity contribution in [2.75, 3.05) is 13.7 Å². The summed E-state index contributed by atoms with van der Waals surface area (Å²) in [6.07, 6.45) is 4.67. The number of benzene rings is 1. The number of esters is 1. The number of hydrogen-bond donors (Lipinski definition) is 0. The van der Waals surface area contributed by atoms with Crippen molar-refractivity contribution in [3.05, 3.63) is 47.2 Å². The number of methoxy groups -OCH3 is 1. The maximum atomic E-state index is 12.6. The number of carbonyl (C=O) groups excluding carboxylic acids is 2. The van der Waals surface area contributed by atoms with Crippen LogP contribution in [0.4, 0.5) is 0 Å². The predicted octanol–water partition coefficient (Wildman–Crippen LogP) is 2.20. The van der Waals surface area contributed by atoms with E-state index in [9.17, 15) is 9.59 Å². The van der Waals surface area contributed by atoms with Crippen LogP contribution in [0.3, 0.4) is 0 Å². The van der Waals surface area contributed by atoms with Crippen LogP contribution in [0.1, 0.15) is 30.4 Å². The van der Waals surface area contributed by atoms with Gasteiger partial charge in [-0.25, -0.2) is 4.79 Å². The van der Waals surface area contributed by atoms with E-state index in [1.807, 2.05) is 13.0 Å². The van der Waals surface area contributed by atoms with Gasteiger partial charge in [0, 0.05) is 66.7 Å². The zero-order valence-corrected chi connectivity index (χ0v) is 19.2. The van der Waals surface area contributed by atoms with E-state index in [4.69, 9.17) is 4.74 Å². The summed E-state index contributed by atoms with van der Waals surface area (Å²) in [4.78, 5) is 26.0. The summed E-state index contributed by atoms with van der Waals surface area (Å²) in [7, 11) is 1.33. The van der Waals surface area contributed by atoms with Gasteiger partial charge in [-0.15, -0.1) is 6.92 Å². The summed E-state index contributed by atoms with van der Waals surface area (Å²) in [6, 6.07) is 9.48. The normalized spacial score (nSPS) is 13.8. The molecule has 0 aliphatic carbocycles. The minimum Gasteiger partial charge on any atom is -0.464 e. The Hall–Kier alpha value is -0.308. The molecule has 1 aliphatic heterocycles. The molecule has 0 N–H and O–H groups in total. The molecule has 23 heavy (non-hydrogen) atoms. The molecular weight excluding hydrogens is 539 g/mol. The van der Waals surface area contributed by atoms with Gasteiger partial charge >= 0.3 is 5.97 Å². The van der Waals surface area contributed by atoms with Crippen LogP contribution in [-0.4, -0.2) is 30.4 Å². The second kappa shape index (κ2) is 11.3. The molecule has 1 radical (unpaired) electrons. The third-order valence-electron chi connectivity index (χ3n) is 3.59. The Bertz CT molecular complexity index is 575. The Kier molecular flexibility index (Phi) is 11.1. The first-order chi connectivity index (χ1) is 10.1.